The van der Waals surface area contributed by atoms with E-state index in [1.54, 1.807) is 11.3 Å². The lowest BCUT2D eigenvalue weighted by atomic mass is 9.48. The van der Waals surface area contributed by atoms with Crippen LogP contribution in [0.5, 0.6) is 0 Å². The van der Waals surface area contributed by atoms with Gasteiger partial charge in [-0.3, -0.25) is 9.59 Å². The molecule has 0 radical (unpaired) electrons. The van der Waals surface area contributed by atoms with Crippen LogP contribution in [0.15, 0.2) is 24.3 Å². The number of nitrogens with zero attached hydrogens (tertiary/aromatic N) is 1. The van der Waals surface area contributed by atoms with Gasteiger partial charge in [0, 0.05) is 11.8 Å². The summed E-state index contributed by atoms with van der Waals surface area (Å²) in [6, 6.07) is 8.09. The number of carbonyl (C=O) groups excluding carboxylic acids is 2. The number of hydrogen-bond acceptors (Lipinski definition) is 5. The zero-order valence-electron chi connectivity index (χ0n) is 16.2. The third-order valence-electron chi connectivity index (χ3n) is 7.10. The van der Waals surface area contributed by atoms with Crippen LogP contribution in [0.3, 0.4) is 0 Å². The van der Waals surface area contributed by atoms with Crippen molar-refractivity contribution >= 4 is 33.3 Å². The molecule has 0 N–H and O–H groups in total. The van der Waals surface area contributed by atoms with Crippen molar-refractivity contribution in [2.24, 2.45) is 23.2 Å². The highest BCUT2D eigenvalue weighted by Gasteiger charge is 2.54. The fourth-order valence-electron chi connectivity index (χ4n) is 6.23. The summed E-state index contributed by atoms with van der Waals surface area (Å²) in [5, 5.41) is 1.05. The minimum absolute atomic E-state index is 0.0217. The number of hydrogen-bond donors (Lipinski definition) is 0. The first kappa shape index (κ1) is 18.3. The highest BCUT2D eigenvalue weighted by atomic mass is 32.1. The fourth-order valence-corrected chi connectivity index (χ4v) is 7.24. The Balaban J connectivity index is 1.09. The largest absolute Gasteiger partial charge is 0.458 e. The molecular formula is C23H27NO3S. The Morgan fingerprint density at radius 3 is 2.43 bits per heavy atom. The van der Waals surface area contributed by atoms with E-state index < -0.39 is 0 Å². The van der Waals surface area contributed by atoms with Gasteiger partial charge >= 0.3 is 5.97 Å². The molecule has 4 bridgehead atoms. The predicted molar refractivity (Wildman–Crippen MR) is 109 cm³/mol. The number of ether oxygens (including phenoxy) is 1. The van der Waals surface area contributed by atoms with Gasteiger partial charge in [0.1, 0.15) is 0 Å². The molecule has 148 valence electrons. The van der Waals surface area contributed by atoms with Crippen molar-refractivity contribution in [1.82, 2.24) is 4.98 Å². The van der Waals surface area contributed by atoms with Gasteiger partial charge in [-0.15, -0.1) is 11.3 Å². The van der Waals surface area contributed by atoms with Crippen molar-refractivity contribution in [1.29, 1.82) is 0 Å². The van der Waals surface area contributed by atoms with Gasteiger partial charge in [0.2, 0.25) is 0 Å². The summed E-state index contributed by atoms with van der Waals surface area (Å²) in [5.41, 5.74) is 0.849. The monoisotopic (exact) mass is 397 g/mol. The SMILES string of the molecule is O=C(CCCc1nc2ccccc2s1)OCC(=O)C12CC3CC(CC(C3)C1)C2. The molecule has 6 rings (SSSR count). The standard InChI is InChI=1S/C23H27NO3S/c25-20(23-11-15-8-16(12-23)10-17(9-15)13-23)14-27-22(26)7-3-6-21-24-18-4-1-2-5-19(18)28-21/h1-2,4-5,15-17H,3,6-14H2. The number of ketones is 1. The van der Waals surface area contributed by atoms with Crippen molar-refractivity contribution in [2.45, 2.75) is 57.8 Å². The van der Waals surface area contributed by atoms with E-state index in [1.165, 1.54) is 24.0 Å². The van der Waals surface area contributed by atoms with Gasteiger partial charge in [0.15, 0.2) is 12.4 Å². The van der Waals surface area contributed by atoms with Crippen molar-refractivity contribution < 1.29 is 14.3 Å². The molecule has 1 aromatic carbocycles. The second kappa shape index (κ2) is 7.25. The van der Waals surface area contributed by atoms with Crippen LogP contribution in [0.25, 0.3) is 10.2 Å². The quantitative estimate of drug-likeness (QED) is 0.621. The van der Waals surface area contributed by atoms with Gasteiger partial charge in [-0.1, -0.05) is 12.1 Å². The van der Waals surface area contributed by atoms with Crippen molar-refractivity contribution in [3.8, 4) is 0 Å². The van der Waals surface area contributed by atoms with E-state index in [2.05, 4.69) is 11.1 Å². The second-order valence-electron chi connectivity index (χ2n) is 9.21. The molecule has 0 atom stereocenters. The van der Waals surface area contributed by atoms with E-state index in [9.17, 15) is 9.59 Å². The van der Waals surface area contributed by atoms with Gasteiger partial charge in [-0.05, 0) is 81.3 Å². The highest BCUT2D eigenvalue weighted by Crippen LogP contribution is 2.60. The van der Waals surface area contributed by atoms with E-state index in [0.717, 1.165) is 54.0 Å². The molecule has 0 unspecified atom stereocenters. The maximum Gasteiger partial charge on any atom is 0.306 e. The average Bonchev–Trinajstić information content (AvgIpc) is 3.07. The Bertz CT molecular complexity index is 834. The lowest BCUT2D eigenvalue weighted by molar-refractivity contribution is -0.157. The molecule has 28 heavy (non-hydrogen) atoms. The van der Waals surface area contributed by atoms with Crippen LogP contribution in [0, 0.1) is 23.2 Å². The topological polar surface area (TPSA) is 56.3 Å². The molecule has 4 saturated carbocycles. The first-order valence-corrected chi connectivity index (χ1v) is 11.4. The van der Waals surface area contributed by atoms with Crippen LogP contribution in [0.1, 0.15) is 56.4 Å². The normalized spacial score (nSPS) is 30.6. The zero-order valence-corrected chi connectivity index (χ0v) is 17.0. The Morgan fingerprint density at radius 1 is 1.07 bits per heavy atom. The third kappa shape index (κ3) is 3.49. The van der Waals surface area contributed by atoms with Crippen LogP contribution in [0.2, 0.25) is 0 Å². The molecule has 0 spiro atoms. The number of rotatable bonds is 7. The summed E-state index contributed by atoms with van der Waals surface area (Å²) < 4.78 is 6.57. The Hall–Kier alpha value is -1.75. The predicted octanol–water partition coefficient (Wildman–Crippen LogP) is 4.95. The fraction of sp³-hybridized carbons (Fsp3) is 0.609. The first-order valence-electron chi connectivity index (χ1n) is 10.6. The summed E-state index contributed by atoms with van der Waals surface area (Å²) in [6.45, 7) is -0.0217. The maximum absolute atomic E-state index is 12.9. The summed E-state index contributed by atoms with van der Waals surface area (Å²) in [6.07, 6.45) is 8.90. The molecular weight excluding hydrogens is 370 g/mol. The number of thiazole rings is 1. The average molecular weight is 398 g/mol. The highest BCUT2D eigenvalue weighted by molar-refractivity contribution is 7.18. The molecule has 4 fully saturated rings. The molecule has 0 aliphatic heterocycles. The van der Waals surface area contributed by atoms with Gasteiger partial charge in [0.25, 0.3) is 0 Å². The molecule has 0 amide bonds. The Morgan fingerprint density at radius 2 is 1.75 bits per heavy atom. The van der Waals surface area contributed by atoms with E-state index in [4.69, 9.17) is 4.74 Å². The summed E-state index contributed by atoms with van der Waals surface area (Å²) in [5.74, 6) is 2.14. The van der Waals surface area contributed by atoms with E-state index in [-0.39, 0.29) is 23.8 Å². The number of Topliss-reactive ketones (excluding diaryl/α,β-unsaturated/α-hetero) is 1. The van der Waals surface area contributed by atoms with Crippen LogP contribution in [-0.2, 0) is 20.7 Å². The Kier molecular flexibility index (Phi) is 4.74. The van der Waals surface area contributed by atoms with Crippen LogP contribution < -0.4 is 0 Å². The molecule has 1 aromatic heterocycles. The Labute approximate surface area is 169 Å². The molecule has 1 heterocycles. The maximum atomic E-state index is 12.9. The van der Waals surface area contributed by atoms with Crippen molar-refractivity contribution in [2.75, 3.05) is 6.61 Å². The summed E-state index contributed by atoms with van der Waals surface area (Å²) in [4.78, 5) is 29.7. The number of aryl methyl sites for hydroxylation is 1. The number of esters is 1. The first-order chi connectivity index (χ1) is 13.6. The molecule has 0 saturated heterocycles. The number of para-hydroxylation sites is 1. The smallest absolute Gasteiger partial charge is 0.306 e. The van der Waals surface area contributed by atoms with Gasteiger partial charge in [-0.2, -0.15) is 0 Å². The third-order valence-corrected chi connectivity index (χ3v) is 8.20. The van der Waals surface area contributed by atoms with Crippen LogP contribution in [0.4, 0.5) is 0 Å². The van der Waals surface area contributed by atoms with E-state index in [0.29, 0.717) is 12.8 Å². The van der Waals surface area contributed by atoms with Gasteiger partial charge in [-0.25, -0.2) is 4.98 Å². The molecule has 4 aliphatic carbocycles. The number of carbonyl (C=O) groups is 2. The second-order valence-corrected chi connectivity index (χ2v) is 10.3. The van der Waals surface area contributed by atoms with Crippen molar-refractivity contribution in [3.63, 3.8) is 0 Å². The molecule has 2 aromatic rings. The lowest BCUT2D eigenvalue weighted by Crippen LogP contribution is -2.51. The number of aromatic nitrogens is 1. The van der Waals surface area contributed by atoms with E-state index >= 15 is 0 Å². The lowest BCUT2D eigenvalue weighted by Gasteiger charge is -2.55. The van der Waals surface area contributed by atoms with Crippen molar-refractivity contribution in [3.05, 3.63) is 29.3 Å². The van der Waals surface area contributed by atoms with Crippen LogP contribution in [-0.4, -0.2) is 23.3 Å². The summed E-state index contributed by atoms with van der Waals surface area (Å²) in [7, 11) is 0. The minimum atomic E-state index is -0.251. The molecule has 4 nitrogen and oxygen atoms in total. The summed E-state index contributed by atoms with van der Waals surface area (Å²) >= 11 is 1.68. The molecule has 4 aliphatic rings. The molecule has 5 heteroatoms. The minimum Gasteiger partial charge on any atom is -0.458 e. The zero-order chi connectivity index (χ0) is 19.1. The number of fused-ring (bicyclic) bond motifs is 1. The van der Waals surface area contributed by atoms with Gasteiger partial charge < -0.3 is 4.74 Å². The van der Waals surface area contributed by atoms with Gasteiger partial charge in [0.05, 0.1) is 15.2 Å². The van der Waals surface area contributed by atoms with E-state index in [1.807, 2.05) is 18.2 Å². The van der Waals surface area contributed by atoms with Crippen LogP contribution >= 0.6 is 11.3 Å². The number of benzene rings is 1.